The Hall–Kier alpha value is -1.42. The second-order valence-electron chi connectivity index (χ2n) is 4.17. The Labute approximate surface area is 102 Å². The van der Waals surface area contributed by atoms with Crippen LogP contribution in [0.1, 0.15) is 31.0 Å². The quantitative estimate of drug-likeness (QED) is 0.780. The van der Waals surface area contributed by atoms with E-state index in [0.717, 1.165) is 17.7 Å². The van der Waals surface area contributed by atoms with E-state index >= 15 is 0 Å². The summed E-state index contributed by atoms with van der Waals surface area (Å²) in [5, 5.41) is 11.7. The molecule has 2 N–H and O–H groups in total. The van der Waals surface area contributed by atoms with Gasteiger partial charge in [0.15, 0.2) is 0 Å². The molecular formula is C13H20N2O2. The number of rotatable bonds is 6. The minimum atomic E-state index is -0.0176. The van der Waals surface area contributed by atoms with Gasteiger partial charge in [0.2, 0.25) is 5.91 Å². The molecule has 0 aliphatic heterocycles. The molecule has 1 aromatic rings. The van der Waals surface area contributed by atoms with Gasteiger partial charge in [0.05, 0.1) is 6.42 Å². The van der Waals surface area contributed by atoms with Gasteiger partial charge in [0.25, 0.3) is 0 Å². The van der Waals surface area contributed by atoms with Gasteiger partial charge in [-0.1, -0.05) is 13.0 Å². The summed E-state index contributed by atoms with van der Waals surface area (Å²) >= 11 is 0. The van der Waals surface area contributed by atoms with Crippen LogP contribution in [-0.4, -0.2) is 28.6 Å². The summed E-state index contributed by atoms with van der Waals surface area (Å²) in [5.41, 5.74) is 1.85. The van der Waals surface area contributed by atoms with Crippen LogP contribution in [0.3, 0.4) is 0 Å². The van der Waals surface area contributed by atoms with Gasteiger partial charge in [-0.15, -0.1) is 0 Å². The summed E-state index contributed by atoms with van der Waals surface area (Å²) in [4.78, 5) is 15.9. The van der Waals surface area contributed by atoms with E-state index in [9.17, 15) is 4.79 Å². The SMILES string of the molecule is CCC(CCO)NC(=O)Cc1ccc(C)nc1. The third-order valence-corrected chi connectivity index (χ3v) is 2.67. The van der Waals surface area contributed by atoms with Gasteiger partial charge in [0.1, 0.15) is 0 Å². The molecule has 0 spiro atoms. The van der Waals surface area contributed by atoms with E-state index in [-0.39, 0.29) is 18.6 Å². The molecular weight excluding hydrogens is 216 g/mol. The molecule has 0 bridgehead atoms. The Morgan fingerprint density at radius 3 is 2.82 bits per heavy atom. The first-order valence-corrected chi connectivity index (χ1v) is 5.97. The summed E-state index contributed by atoms with van der Waals surface area (Å²) in [6.07, 6.45) is 3.50. The number of aliphatic hydroxyl groups excluding tert-OH is 1. The molecule has 0 radical (unpaired) electrons. The van der Waals surface area contributed by atoms with Gasteiger partial charge in [-0.2, -0.15) is 0 Å². The summed E-state index contributed by atoms with van der Waals surface area (Å²) in [7, 11) is 0. The first kappa shape index (κ1) is 13.6. The van der Waals surface area contributed by atoms with Crippen LogP contribution in [0.5, 0.6) is 0 Å². The predicted molar refractivity (Wildman–Crippen MR) is 66.6 cm³/mol. The van der Waals surface area contributed by atoms with Crippen molar-refractivity contribution in [3.8, 4) is 0 Å². The van der Waals surface area contributed by atoms with Gasteiger partial charge in [-0.25, -0.2) is 0 Å². The third-order valence-electron chi connectivity index (χ3n) is 2.67. The highest BCUT2D eigenvalue weighted by Gasteiger charge is 2.10. The third kappa shape index (κ3) is 4.95. The molecule has 0 aromatic carbocycles. The maximum Gasteiger partial charge on any atom is 0.224 e. The average molecular weight is 236 g/mol. The number of hydrogen-bond donors (Lipinski definition) is 2. The summed E-state index contributed by atoms with van der Waals surface area (Å²) in [6, 6.07) is 3.87. The standard InChI is InChI=1S/C13H20N2O2/c1-3-12(6-7-16)15-13(17)8-11-5-4-10(2)14-9-11/h4-5,9,12,16H,3,6-8H2,1-2H3,(H,15,17). The molecule has 94 valence electrons. The lowest BCUT2D eigenvalue weighted by Crippen LogP contribution is -2.36. The van der Waals surface area contributed by atoms with Gasteiger partial charge in [-0.3, -0.25) is 9.78 Å². The highest BCUT2D eigenvalue weighted by atomic mass is 16.3. The van der Waals surface area contributed by atoms with Crippen LogP contribution in [0.2, 0.25) is 0 Å². The molecule has 1 heterocycles. The second-order valence-corrected chi connectivity index (χ2v) is 4.17. The largest absolute Gasteiger partial charge is 0.396 e. The van der Waals surface area contributed by atoms with Gasteiger partial charge < -0.3 is 10.4 Å². The zero-order valence-electron chi connectivity index (χ0n) is 10.4. The zero-order valence-corrected chi connectivity index (χ0v) is 10.4. The van der Waals surface area contributed by atoms with Crippen LogP contribution in [0.15, 0.2) is 18.3 Å². The van der Waals surface area contributed by atoms with Gasteiger partial charge in [-0.05, 0) is 31.4 Å². The van der Waals surface area contributed by atoms with Crippen molar-refractivity contribution < 1.29 is 9.90 Å². The van der Waals surface area contributed by atoms with Crippen LogP contribution < -0.4 is 5.32 Å². The molecule has 0 aliphatic carbocycles. The number of aryl methyl sites for hydroxylation is 1. The second kappa shape index (κ2) is 7.01. The van der Waals surface area contributed by atoms with E-state index in [4.69, 9.17) is 5.11 Å². The van der Waals surface area contributed by atoms with Crippen molar-refractivity contribution in [2.45, 2.75) is 39.2 Å². The number of hydrogen-bond acceptors (Lipinski definition) is 3. The van der Waals surface area contributed by atoms with E-state index in [0.29, 0.717) is 12.8 Å². The summed E-state index contributed by atoms with van der Waals surface area (Å²) in [5.74, 6) is -0.0176. The molecule has 0 fully saturated rings. The van der Waals surface area contributed by atoms with Crippen LogP contribution in [0.4, 0.5) is 0 Å². The smallest absolute Gasteiger partial charge is 0.224 e. The maximum atomic E-state index is 11.7. The number of aromatic nitrogens is 1. The lowest BCUT2D eigenvalue weighted by molar-refractivity contribution is -0.121. The molecule has 4 heteroatoms. The van der Waals surface area contributed by atoms with E-state index < -0.39 is 0 Å². The lowest BCUT2D eigenvalue weighted by atomic mass is 10.1. The van der Waals surface area contributed by atoms with Crippen molar-refractivity contribution in [1.29, 1.82) is 0 Å². The molecule has 0 saturated heterocycles. The fraction of sp³-hybridized carbons (Fsp3) is 0.538. The number of pyridine rings is 1. The molecule has 1 atom stereocenters. The first-order chi connectivity index (χ1) is 8.15. The predicted octanol–water partition coefficient (Wildman–Crippen LogP) is 1.21. The Morgan fingerprint density at radius 2 is 2.29 bits per heavy atom. The highest BCUT2D eigenvalue weighted by Crippen LogP contribution is 2.02. The monoisotopic (exact) mass is 236 g/mol. The maximum absolute atomic E-state index is 11.7. The molecule has 4 nitrogen and oxygen atoms in total. The molecule has 17 heavy (non-hydrogen) atoms. The number of aliphatic hydroxyl groups is 1. The number of carbonyl (C=O) groups excluding carboxylic acids is 1. The lowest BCUT2D eigenvalue weighted by Gasteiger charge is -2.15. The fourth-order valence-electron chi connectivity index (χ4n) is 1.60. The average Bonchev–Trinajstić information content (AvgIpc) is 2.31. The van der Waals surface area contributed by atoms with Crippen molar-refractivity contribution in [3.05, 3.63) is 29.6 Å². The van der Waals surface area contributed by atoms with E-state index in [1.54, 1.807) is 6.20 Å². The molecule has 1 unspecified atom stereocenters. The number of amides is 1. The van der Waals surface area contributed by atoms with Crippen molar-refractivity contribution in [2.75, 3.05) is 6.61 Å². The first-order valence-electron chi connectivity index (χ1n) is 5.97. The van der Waals surface area contributed by atoms with Crippen molar-refractivity contribution >= 4 is 5.91 Å². The molecule has 1 amide bonds. The van der Waals surface area contributed by atoms with Gasteiger partial charge >= 0.3 is 0 Å². The summed E-state index contributed by atoms with van der Waals surface area (Å²) < 4.78 is 0. The van der Waals surface area contributed by atoms with Crippen LogP contribution in [-0.2, 0) is 11.2 Å². The molecule has 1 rings (SSSR count). The summed E-state index contributed by atoms with van der Waals surface area (Å²) in [6.45, 7) is 4.01. The normalized spacial score (nSPS) is 12.2. The Kier molecular flexibility index (Phi) is 5.63. The number of carbonyl (C=O) groups is 1. The van der Waals surface area contributed by atoms with Crippen LogP contribution >= 0.6 is 0 Å². The van der Waals surface area contributed by atoms with E-state index in [1.807, 2.05) is 26.0 Å². The minimum Gasteiger partial charge on any atom is -0.396 e. The zero-order chi connectivity index (χ0) is 12.7. The van der Waals surface area contributed by atoms with Crippen molar-refractivity contribution in [3.63, 3.8) is 0 Å². The fourth-order valence-corrected chi connectivity index (χ4v) is 1.60. The highest BCUT2D eigenvalue weighted by molar-refractivity contribution is 5.78. The van der Waals surface area contributed by atoms with Crippen molar-refractivity contribution in [1.82, 2.24) is 10.3 Å². The van der Waals surface area contributed by atoms with Crippen molar-refractivity contribution in [2.24, 2.45) is 0 Å². The van der Waals surface area contributed by atoms with E-state index in [2.05, 4.69) is 10.3 Å². The molecule has 0 saturated carbocycles. The van der Waals surface area contributed by atoms with Gasteiger partial charge in [0, 0.05) is 24.5 Å². The number of nitrogens with one attached hydrogen (secondary N) is 1. The van der Waals surface area contributed by atoms with E-state index in [1.165, 1.54) is 0 Å². The Balaban J connectivity index is 2.46. The molecule has 1 aromatic heterocycles. The topological polar surface area (TPSA) is 62.2 Å². The molecule has 0 aliphatic rings. The minimum absolute atomic E-state index is 0.0176. The number of nitrogens with zero attached hydrogens (tertiary/aromatic N) is 1. The van der Waals surface area contributed by atoms with Crippen LogP contribution in [0.25, 0.3) is 0 Å². The Morgan fingerprint density at radius 1 is 1.53 bits per heavy atom. The van der Waals surface area contributed by atoms with Crippen LogP contribution in [0, 0.1) is 6.92 Å². The Bertz CT molecular complexity index is 349.